The molecule has 0 spiro atoms. The van der Waals surface area contributed by atoms with Crippen LogP contribution in [0.25, 0.3) is 0 Å². The molecule has 1 aliphatic heterocycles. The van der Waals surface area contributed by atoms with Crippen LogP contribution < -0.4 is 15.0 Å². The molecule has 5 nitrogen and oxygen atoms in total. The molecule has 2 aromatic carbocycles. The third-order valence-corrected chi connectivity index (χ3v) is 4.92. The summed E-state index contributed by atoms with van der Waals surface area (Å²) in [5.74, 6) is -1.52. The molecule has 2 aromatic rings. The van der Waals surface area contributed by atoms with Crippen molar-refractivity contribution in [2.45, 2.75) is 6.42 Å². The van der Waals surface area contributed by atoms with Gasteiger partial charge in [0.25, 0.3) is 5.91 Å². The Morgan fingerprint density at radius 2 is 1.71 bits per heavy atom. The van der Waals surface area contributed by atoms with Crippen molar-refractivity contribution >= 4 is 11.6 Å². The van der Waals surface area contributed by atoms with E-state index in [1.165, 1.54) is 6.07 Å². The van der Waals surface area contributed by atoms with Crippen LogP contribution in [0, 0.1) is 11.6 Å². The molecule has 1 saturated heterocycles. The van der Waals surface area contributed by atoms with Gasteiger partial charge >= 0.3 is 0 Å². The summed E-state index contributed by atoms with van der Waals surface area (Å²) < 4.78 is 32.6. The van der Waals surface area contributed by atoms with Gasteiger partial charge in [-0.3, -0.25) is 9.69 Å². The normalized spacial score (nSPS) is 14.8. The van der Waals surface area contributed by atoms with Crippen molar-refractivity contribution in [3.8, 4) is 5.75 Å². The standard InChI is InChI=1S/C21H25F2N3O2/c1-28-19-9-3-2-8-18(19)26-14-12-25(13-15-26)11-5-10-24-21(27)20-16(22)6-4-7-17(20)23/h2-4,6-9H,5,10-15H2,1H3,(H,24,27). The Bertz CT molecular complexity index is 788. The molecule has 1 amide bonds. The van der Waals surface area contributed by atoms with Crippen LogP contribution in [0.4, 0.5) is 14.5 Å². The smallest absolute Gasteiger partial charge is 0.257 e. The van der Waals surface area contributed by atoms with Crippen LogP contribution in [-0.4, -0.2) is 57.2 Å². The molecule has 0 atom stereocenters. The quantitative estimate of drug-likeness (QED) is 0.740. The molecule has 0 aromatic heterocycles. The molecule has 1 N–H and O–H groups in total. The minimum absolute atomic E-state index is 0.374. The zero-order chi connectivity index (χ0) is 19.9. The van der Waals surface area contributed by atoms with Gasteiger partial charge in [-0.15, -0.1) is 0 Å². The van der Waals surface area contributed by atoms with E-state index in [1.54, 1.807) is 7.11 Å². The fourth-order valence-corrected chi connectivity index (χ4v) is 3.41. The van der Waals surface area contributed by atoms with E-state index in [9.17, 15) is 13.6 Å². The van der Waals surface area contributed by atoms with Gasteiger partial charge in [0, 0.05) is 32.7 Å². The van der Waals surface area contributed by atoms with E-state index in [0.29, 0.717) is 6.54 Å². The Hall–Kier alpha value is -2.67. The molecular formula is C21H25F2N3O2. The van der Waals surface area contributed by atoms with Crippen LogP contribution in [-0.2, 0) is 0 Å². The van der Waals surface area contributed by atoms with Crippen LogP contribution in [0.2, 0.25) is 0 Å². The van der Waals surface area contributed by atoms with Crippen LogP contribution in [0.3, 0.4) is 0 Å². The number of nitrogens with zero attached hydrogens (tertiary/aromatic N) is 2. The maximum atomic E-state index is 13.6. The lowest BCUT2D eigenvalue weighted by molar-refractivity contribution is 0.0943. The van der Waals surface area contributed by atoms with Gasteiger partial charge in [0.2, 0.25) is 0 Å². The van der Waals surface area contributed by atoms with E-state index < -0.39 is 23.1 Å². The average Bonchev–Trinajstić information content (AvgIpc) is 2.71. The predicted octanol–water partition coefficient (Wildman–Crippen LogP) is 2.92. The summed E-state index contributed by atoms with van der Waals surface area (Å²) >= 11 is 0. The molecule has 1 heterocycles. The fraction of sp³-hybridized carbons (Fsp3) is 0.381. The second-order valence-electron chi connectivity index (χ2n) is 6.71. The Morgan fingerprint density at radius 3 is 2.39 bits per heavy atom. The van der Waals surface area contributed by atoms with Crippen LogP contribution >= 0.6 is 0 Å². The summed E-state index contributed by atoms with van der Waals surface area (Å²) in [7, 11) is 1.68. The molecule has 7 heteroatoms. The van der Waals surface area contributed by atoms with Gasteiger partial charge in [-0.1, -0.05) is 18.2 Å². The minimum Gasteiger partial charge on any atom is -0.495 e. The van der Waals surface area contributed by atoms with Crippen LogP contribution in [0.15, 0.2) is 42.5 Å². The number of carbonyl (C=O) groups excluding carboxylic acids is 1. The topological polar surface area (TPSA) is 44.8 Å². The van der Waals surface area contributed by atoms with E-state index >= 15 is 0 Å². The fourth-order valence-electron chi connectivity index (χ4n) is 3.41. The Balaban J connectivity index is 1.41. The average molecular weight is 389 g/mol. The van der Waals surface area contributed by atoms with Crippen molar-refractivity contribution in [2.75, 3.05) is 51.3 Å². The van der Waals surface area contributed by atoms with Gasteiger partial charge in [-0.2, -0.15) is 0 Å². The summed E-state index contributed by atoms with van der Waals surface area (Å²) in [6.07, 6.45) is 0.719. The summed E-state index contributed by atoms with van der Waals surface area (Å²) in [6, 6.07) is 11.4. The number of amides is 1. The summed E-state index contributed by atoms with van der Waals surface area (Å²) in [6.45, 7) is 4.81. The zero-order valence-corrected chi connectivity index (χ0v) is 16.0. The Morgan fingerprint density at radius 1 is 1.04 bits per heavy atom. The SMILES string of the molecule is COc1ccccc1N1CCN(CCCNC(=O)c2c(F)cccc2F)CC1. The van der Waals surface area contributed by atoms with Gasteiger partial charge in [0.15, 0.2) is 0 Å². The molecule has 0 radical (unpaired) electrons. The number of hydrogen-bond donors (Lipinski definition) is 1. The minimum atomic E-state index is -0.843. The first-order valence-electron chi connectivity index (χ1n) is 9.42. The van der Waals surface area contributed by atoms with Crippen molar-refractivity contribution in [1.82, 2.24) is 10.2 Å². The van der Waals surface area contributed by atoms with Crippen molar-refractivity contribution in [2.24, 2.45) is 0 Å². The maximum Gasteiger partial charge on any atom is 0.257 e. The first-order chi connectivity index (χ1) is 13.6. The van der Waals surface area contributed by atoms with E-state index in [-0.39, 0.29) is 0 Å². The largest absolute Gasteiger partial charge is 0.495 e. The van der Waals surface area contributed by atoms with E-state index in [0.717, 1.165) is 62.7 Å². The van der Waals surface area contributed by atoms with E-state index in [4.69, 9.17) is 4.74 Å². The van der Waals surface area contributed by atoms with Crippen LogP contribution in [0.1, 0.15) is 16.8 Å². The maximum absolute atomic E-state index is 13.6. The number of carbonyl (C=O) groups is 1. The highest BCUT2D eigenvalue weighted by Gasteiger charge is 2.20. The monoisotopic (exact) mass is 389 g/mol. The van der Waals surface area contributed by atoms with Gasteiger partial charge in [-0.25, -0.2) is 8.78 Å². The number of halogens is 2. The molecule has 28 heavy (non-hydrogen) atoms. The lowest BCUT2D eigenvalue weighted by atomic mass is 10.2. The number of hydrogen-bond acceptors (Lipinski definition) is 4. The van der Waals surface area contributed by atoms with Crippen molar-refractivity contribution < 1.29 is 18.3 Å². The summed E-state index contributed by atoms with van der Waals surface area (Å²) in [5.41, 5.74) is 0.580. The number of ether oxygens (including phenoxy) is 1. The first kappa shape index (κ1) is 20.1. The second kappa shape index (κ2) is 9.50. The second-order valence-corrected chi connectivity index (χ2v) is 6.71. The van der Waals surface area contributed by atoms with Crippen molar-refractivity contribution in [1.29, 1.82) is 0 Å². The number of piperazine rings is 1. The number of anilines is 1. The number of para-hydroxylation sites is 2. The Kier molecular flexibility index (Phi) is 6.81. The summed E-state index contributed by atoms with van der Waals surface area (Å²) in [4.78, 5) is 16.6. The van der Waals surface area contributed by atoms with Gasteiger partial charge in [-0.05, 0) is 37.2 Å². The first-order valence-corrected chi connectivity index (χ1v) is 9.42. The molecule has 0 bridgehead atoms. The Labute approximate surface area is 163 Å². The van der Waals surface area contributed by atoms with Crippen LogP contribution in [0.5, 0.6) is 5.75 Å². The van der Waals surface area contributed by atoms with E-state index in [2.05, 4.69) is 21.2 Å². The molecular weight excluding hydrogens is 364 g/mol. The zero-order valence-electron chi connectivity index (χ0n) is 16.0. The molecule has 3 rings (SSSR count). The highest BCUT2D eigenvalue weighted by Crippen LogP contribution is 2.28. The number of rotatable bonds is 7. The number of nitrogens with one attached hydrogen (secondary N) is 1. The third-order valence-electron chi connectivity index (χ3n) is 4.92. The summed E-state index contributed by atoms with van der Waals surface area (Å²) in [5, 5.41) is 2.60. The molecule has 1 aliphatic rings. The highest BCUT2D eigenvalue weighted by molar-refractivity contribution is 5.94. The van der Waals surface area contributed by atoms with Crippen molar-refractivity contribution in [3.63, 3.8) is 0 Å². The molecule has 0 aliphatic carbocycles. The van der Waals surface area contributed by atoms with E-state index in [1.807, 2.05) is 18.2 Å². The van der Waals surface area contributed by atoms with Gasteiger partial charge < -0.3 is 15.0 Å². The lowest BCUT2D eigenvalue weighted by Gasteiger charge is -2.36. The third kappa shape index (κ3) is 4.78. The highest BCUT2D eigenvalue weighted by atomic mass is 19.1. The molecule has 1 fully saturated rings. The van der Waals surface area contributed by atoms with Gasteiger partial charge in [0.1, 0.15) is 22.9 Å². The van der Waals surface area contributed by atoms with Gasteiger partial charge in [0.05, 0.1) is 12.8 Å². The predicted molar refractivity (Wildman–Crippen MR) is 105 cm³/mol. The molecule has 0 unspecified atom stereocenters. The molecule has 0 saturated carbocycles. The lowest BCUT2D eigenvalue weighted by Crippen LogP contribution is -2.47. The number of methoxy groups -OCH3 is 1. The number of benzene rings is 2. The molecule has 150 valence electrons. The van der Waals surface area contributed by atoms with Crippen molar-refractivity contribution in [3.05, 3.63) is 59.7 Å².